The molecule has 0 saturated carbocycles. The van der Waals surface area contributed by atoms with Crippen LogP contribution in [-0.2, 0) is 4.79 Å². The van der Waals surface area contributed by atoms with Crippen molar-refractivity contribution in [2.45, 2.75) is 0 Å². The molecule has 0 bridgehead atoms. The number of hydrogen-bond acceptors (Lipinski definition) is 4. The van der Waals surface area contributed by atoms with E-state index in [-0.39, 0.29) is 17.8 Å². The van der Waals surface area contributed by atoms with E-state index in [1.54, 1.807) is 6.08 Å². The van der Waals surface area contributed by atoms with Crippen LogP contribution in [0.3, 0.4) is 0 Å². The molecule has 1 heterocycles. The van der Waals surface area contributed by atoms with Gasteiger partial charge < -0.3 is 5.32 Å². The van der Waals surface area contributed by atoms with Crippen molar-refractivity contribution in [3.8, 4) is 0 Å². The molecule has 4 nitrogen and oxygen atoms in total. The standard InChI is InChI=1S/C17H13BrN2O2S/c18-13-6-4-5-12(9-13)10-15-16(21)20(17(22)23-15)11-19-14-7-2-1-3-8-14/h1-10,19H,11H2/b15-10+. The summed E-state index contributed by atoms with van der Waals surface area (Å²) in [5, 5.41) is 2.81. The van der Waals surface area contributed by atoms with Gasteiger partial charge in [-0.2, -0.15) is 0 Å². The Morgan fingerprint density at radius 1 is 1.09 bits per heavy atom. The van der Waals surface area contributed by atoms with E-state index in [0.717, 1.165) is 27.5 Å². The lowest BCUT2D eigenvalue weighted by atomic mass is 10.2. The number of nitrogens with one attached hydrogen (secondary N) is 1. The fourth-order valence-electron chi connectivity index (χ4n) is 2.11. The summed E-state index contributed by atoms with van der Waals surface area (Å²) >= 11 is 4.35. The maximum absolute atomic E-state index is 12.4. The van der Waals surface area contributed by atoms with Gasteiger partial charge >= 0.3 is 0 Å². The fraction of sp³-hybridized carbons (Fsp3) is 0.0588. The van der Waals surface area contributed by atoms with Crippen molar-refractivity contribution in [3.05, 3.63) is 69.5 Å². The van der Waals surface area contributed by atoms with Gasteiger partial charge in [0.25, 0.3) is 11.1 Å². The highest BCUT2D eigenvalue weighted by Gasteiger charge is 2.34. The third-order valence-electron chi connectivity index (χ3n) is 3.24. The molecule has 0 atom stereocenters. The molecular weight excluding hydrogens is 376 g/mol. The number of para-hydroxylation sites is 1. The van der Waals surface area contributed by atoms with E-state index >= 15 is 0 Å². The molecule has 2 aromatic rings. The third-order valence-corrected chi connectivity index (χ3v) is 4.64. The van der Waals surface area contributed by atoms with Crippen LogP contribution < -0.4 is 5.32 Å². The third kappa shape index (κ3) is 3.83. The normalized spacial score (nSPS) is 16.2. The number of amides is 2. The second kappa shape index (κ2) is 7.02. The Morgan fingerprint density at radius 3 is 2.61 bits per heavy atom. The lowest BCUT2D eigenvalue weighted by Gasteiger charge is -2.14. The van der Waals surface area contributed by atoms with Crippen molar-refractivity contribution in [1.29, 1.82) is 0 Å². The second-order valence-corrected chi connectivity index (χ2v) is 6.77. The van der Waals surface area contributed by atoms with Crippen molar-refractivity contribution in [2.75, 3.05) is 12.0 Å². The summed E-state index contributed by atoms with van der Waals surface area (Å²) in [6.45, 7) is 0.157. The van der Waals surface area contributed by atoms with Crippen LogP contribution in [0.5, 0.6) is 0 Å². The first-order chi connectivity index (χ1) is 11.1. The van der Waals surface area contributed by atoms with Crippen molar-refractivity contribution >= 4 is 50.6 Å². The average molecular weight is 389 g/mol. The lowest BCUT2D eigenvalue weighted by molar-refractivity contribution is -0.122. The Hall–Kier alpha value is -2.05. The largest absolute Gasteiger partial charge is 0.367 e. The molecule has 1 N–H and O–H groups in total. The van der Waals surface area contributed by atoms with Crippen LogP contribution in [0.25, 0.3) is 6.08 Å². The summed E-state index contributed by atoms with van der Waals surface area (Å²) in [6, 6.07) is 17.0. The van der Waals surface area contributed by atoms with Crippen molar-refractivity contribution in [2.24, 2.45) is 0 Å². The number of anilines is 1. The van der Waals surface area contributed by atoms with E-state index in [2.05, 4.69) is 21.2 Å². The Kier molecular flexibility index (Phi) is 4.83. The molecule has 116 valence electrons. The maximum Gasteiger partial charge on any atom is 0.295 e. The second-order valence-electron chi connectivity index (χ2n) is 4.87. The first kappa shape index (κ1) is 15.8. The summed E-state index contributed by atoms with van der Waals surface area (Å²) in [6.07, 6.45) is 1.73. The van der Waals surface area contributed by atoms with Crippen LogP contribution in [-0.4, -0.2) is 22.7 Å². The molecule has 2 aromatic carbocycles. The minimum absolute atomic E-state index is 0.157. The van der Waals surface area contributed by atoms with E-state index < -0.39 is 0 Å². The van der Waals surface area contributed by atoms with E-state index in [4.69, 9.17) is 0 Å². The minimum atomic E-state index is -0.275. The highest BCUT2D eigenvalue weighted by atomic mass is 79.9. The van der Waals surface area contributed by atoms with Gasteiger partial charge in [0.05, 0.1) is 11.6 Å². The first-order valence-electron chi connectivity index (χ1n) is 6.93. The molecule has 0 radical (unpaired) electrons. The molecule has 1 fully saturated rings. The molecule has 0 spiro atoms. The van der Waals surface area contributed by atoms with Crippen LogP contribution in [0.15, 0.2) is 64.0 Å². The molecule has 6 heteroatoms. The van der Waals surface area contributed by atoms with Gasteiger partial charge in [-0.05, 0) is 47.7 Å². The Morgan fingerprint density at radius 2 is 1.87 bits per heavy atom. The molecule has 23 heavy (non-hydrogen) atoms. The molecule has 0 unspecified atom stereocenters. The van der Waals surface area contributed by atoms with E-state index in [0.29, 0.717) is 4.91 Å². The van der Waals surface area contributed by atoms with Gasteiger partial charge in [0.2, 0.25) is 0 Å². The first-order valence-corrected chi connectivity index (χ1v) is 8.54. The van der Waals surface area contributed by atoms with Crippen LogP contribution in [0, 0.1) is 0 Å². The monoisotopic (exact) mass is 388 g/mol. The minimum Gasteiger partial charge on any atom is -0.367 e. The number of carbonyl (C=O) groups is 2. The number of imide groups is 1. The number of carbonyl (C=O) groups excluding carboxylic acids is 2. The summed E-state index contributed by atoms with van der Waals surface area (Å²) in [4.78, 5) is 26.1. The van der Waals surface area contributed by atoms with Gasteiger partial charge in [-0.3, -0.25) is 14.5 Å². The Bertz CT molecular complexity index is 777. The Balaban J connectivity index is 1.72. The average Bonchev–Trinajstić information content (AvgIpc) is 2.80. The van der Waals surface area contributed by atoms with Crippen LogP contribution in [0.4, 0.5) is 10.5 Å². The van der Waals surface area contributed by atoms with E-state index in [1.165, 1.54) is 4.90 Å². The zero-order valence-electron chi connectivity index (χ0n) is 12.0. The smallest absolute Gasteiger partial charge is 0.295 e. The summed E-state index contributed by atoms with van der Waals surface area (Å²) in [5.41, 5.74) is 1.74. The van der Waals surface area contributed by atoms with Gasteiger partial charge in [-0.1, -0.05) is 46.3 Å². The summed E-state index contributed by atoms with van der Waals surface area (Å²) < 4.78 is 0.927. The summed E-state index contributed by atoms with van der Waals surface area (Å²) in [5.74, 6) is -0.275. The lowest BCUT2D eigenvalue weighted by Crippen LogP contribution is -2.33. The molecule has 3 rings (SSSR count). The van der Waals surface area contributed by atoms with Crippen molar-refractivity contribution in [3.63, 3.8) is 0 Å². The highest BCUT2D eigenvalue weighted by Crippen LogP contribution is 2.32. The Labute approximate surface area is 146 Å². The van der Waals surface area contributed by atoms with Gasteiger partial charge in [0, 0.05) is 10.2 Å². The van der Waals surface area contributed by atoms with Crippen molar-refractivity contribution in [1.82, 2.24) is 4.90 Å². The molecule has 2 amide bonds. The van der Waals surface area contributed by atoms with Gasteiger partial charge in [0.1, 0.15) is 0 Å². The zero-order chi connectivity index (χ0) is 16.2. The number of thioether (sulfide) groups is 1. The number of hydrogen-bond donors (Lipinski definition) is 1. The van der Waals surface area contributed by atoms with Gasteiger partial charge in [0.15, 0.2) is 0 Å². The molecule has 0 aliphatic carbocycles. The van der Waals surface area contributed by atoms with Crippen LogP contribution in [0.2, 0.25) is 0 Å². The SMILES string of the molecule is O=C1S/C(=C/c2cccc(Br)c2)C(=O)N1CNc1ccccc1. The molecular formula is C17H13BrN2O2S. The predicted molar refractivity (Wildman–Crippen MR) is 96.9 cm³/mol. The fourth-order valence-corrected chi connectivity index (χ4v) is 3.37. The quantitative estimate of drug-likeness (QED) is 0.780. The van der Waals surface area contributed by atoms with Crippen LogP contribution in [0.1, 0.15) is 5.56 Å². The highest BCUT2D eigenvalue weighted by molar-refractivity contribution is 9.10. The number of nitrogens with zero attached hydrogens (tertiary/aromatic N) is 1. The van der Waals surface area contributed by atoms with Gasteiger partial charge in [-0.25, -0.2) is 0 Å². The maximum atomic E-state index is 12.4. The van der Waals surface area contributed by atoms with E-state index in [1.807, 2.05) is 54.6 Å². The molecule has 0 aromatic heterocycles. The van der Waals surface area contributed by atoms with Crippen LogP contribution >= 0.6 is 27.7 Å². The zero-order valence-corrected chi connectivity index (χ0v) is 14.4. The van der Waals surface area contributed by atoms with E-state index in [9.17, 15) is 9.59 Å². The number of benzene rings is 2. The molecule has 1 saturated heterocycles. The topological polar surface area (TPSA) is 49.4 Å². The number of rotatable bonds is 4. The summed E-state index contributed by atoms with van der Waals surface area (Å²) in [7, 11) is 0. The van der Waals surface area contributed by atoms with Gasteiger partial charge in [-0.15, -0.1) is 0 Å². The molecule has 1 aliphatic heterocycles. The number of halogens is 1. The molecule has 1 aliphatic rings. The predicted octanol–water partition coefficient (Wildman–Crippen LogP) is 4.56. The van der Waals surface area contributed by atoms with Crippen molar-refractivity contribution < 1.29 is 9.59 Å².